The maximum absolute atomic E-state index is 12.8. The largest absolute Gasteiger partial charge is 0.370 e. The highest BCUT2D eigenvalue weighted by molar-refractivity contribution is 5.74. The van der Waals surface area contributed by atoms with E-state index in [-0.39, 0.29) is 11.8 Å². The summed E-state index contributed by atoms with van der Waals surface area (Å²) in [5.74, 6) is -0.380. The normalized spacial score (nSPS) is 9.69. The molecule has 1 aromatic carbocycles. The van der Waals surface area contributed by atoms with Gasteiger partial charge in [-0.15, -0.1) is 0 Å². The summed E-state index contributed by atoms with van der Waals surface area (Å²) in [7, 11) is 0. The lowest BCUT2D eigenvalue weighted by Crippen LogP contribution is -2.29. The number of rotatable bonds is 2. The van der Waals surface area contributed by atoms with Gasteiger partial charge in [0, 0.05) is 6.54 Å². The Kier molecular flexibility index (Phi) is 2.84. The van der Waals surface area contributed by atoms with Gasteiger partial charge in [0.05, 0.1) is 0 Å². The molecule has 1 aromatic rings. The standard InChI is InChI=1S/C9H12FN3/c1-6-2-3-8(10)4-7(6)5-13-9(11)12/h2-4H,5H2,1H3,(H4,11,12,13). The van der Waals surface area contributed by atoms with Gasteiger partial charge in [-0.1, -0.05) is 6.07 Å². The van der Waals surface area contributed by atoms with Crippen LogP contribution in [0.5, 0.6) is 0 Å². The van der Waals surface area contributed by atoms with E-state index in [1.807, 2.05) is 6.92 Å². The van der Waals surface area contributed by atoms with E-state index in [1.165, 1.54) is 12.1 Å². The zero-order valence-corrected chi connectivity index (χ0v) is 7.39. The van der Waals surface area contributed by atoms with Crippen molar-refractivity contribution in [3.05, 3.63) is 35.1 Å². The van der Waals surface area contributed by atoms with Crippen molar-refractivity contribution in [3.63, 3.8) is 0 Å². The smallest absolute Gasteiger partial charge is 0.185 e. The van der Waals surface area contributed by atoms with Gasteiger partial charge in [0.15, 0.2) is 5.96 Å². The highest BCUT2D eigenvalue weighted by Gasteiger charge is 1.99. The average Bonchev–Trinajstić information content (AvgIpc) is 2.06. The zero-order valence-electron chi connectivity index (χ0n) is 7.39. The van der Waals surface area contributed by atoms with Crippen LogP contribution in [0.2, 0.25) is 0 Å². The molecule has 0 spiro atoms. The minimum absolute atomic E-state index is 0.108. The van der Waals surface area contributed by atoms with Crippen molar-refractivity contribution in [2.24, 2.45) is 5.73 Å². The van der Waals surface area contributed by atoms with Crippen LogP contribution in [-0.2, 0) is 6.54 Å². The van der Waals surface area contributed by atoms with Gasteiger partial charge in [-0.2, -0.15) is 0 Å². The zero-order chi connectivity index (χ0) is 9.84. The molecule has 0 bridgehead atoms. The molecule has 0 radical (unpaired) electrons. The van der Waals surface area contributed by atoms with Crippen LogP contribution in [0.4, 0.5) is 4.39 Å². The minimum Gasteiger partial charge on any atom is -0.370 e. The highest BCUT2D eigenvalue weighted by atomic mass is 19.1. The molecule has 0 atom stereocenters. The molecule has 0 aliphatic rings. The van der Waals surface area contributed by atoms with Crippen LogP contribution in [0.15, 0.2) is 18.2 Å². The number of aryl methyl sites for hydroxylation is 1. The van der Waals surface area contributed by atoms with E-state index < -0.39 is 0 Å². The summed E-state index contributed by atoms with van der Waals surface area (Å²) in [6.07, 6.45) is 0. The van der Waals surface area contributed by atoms with Gasteiger partial charge in [-0.3, -0.25) is 5.41 Å². The van der Waals surface area contributed by atoms with Gasteiger partial charge in [0.2, 0.25) is 0 Å². The van der Waals surface area contributed by atoms with E-state index in [1.54, 1.807) is 6.07 Å². The Labute approximate surface area is 76.3 Å². The molecule has 0 unspecified atom stereocenters. The summed E-state index contributed by atoms with van der Waals surface area (Å²) in [6, 6.07) is 4.55. The van der Waals surface area contributed by atoms with Crippen LogP contribution in [-0.4, -0.2) is 5.96 Å². The van der Waals surface area contributed by atoms with Crippen molar-refractivity contribution in [1.82, 2.24) is 5.32 Å². The van der Waals surface area contributed by atoms with E-state index >= 15 is 0 Å². The molecule has 70 valence electrons. The Hall–Kier alpha value is -1.58. The van der Waals surface area contributed by atoms with E-state index in [0.717, 1.165) is 11.1 Å². The van der Waals surface area contributed by atoms with Crippen molar-refractivity contribution in [1.29, 1.82) is 5.41 Å². The monoisotopic (exact) mass is 181 g/mol. The Morgan fingerprint density at radius 1 is 1.62 bits per heavy atom. The van der Waals surface area contributed by atoms with Crippen LogP contribution in [0.1, 0.15) is 11.1 Å². The number of hydrogen-bond acceptors (Lipinski definition) is 1. The lowest BCUT2D eigenvalue weighted by atomic mass is 10.1. The fourth-order valence-electron chi connectivity index (χ4n) is 1.02. The lowest BCUT2D eigenvalue weighted by Gasteiger charge is -2.06. The predicted octanol–water partition coefficient (Wildman–Crippen LogP) is 1.12. The summed E-state index contributed by atoms with van der Waals surface area (Å²) in [5, 5.41) is 9.56. The number of nitrogens with two attached hydrogens (primary N) is 1. The SMILES string of the molecule is Cc1ccc(F)cc1CNC(=N)N. The molecule has 0 heterocycles. The second kappa shape index (κ2) is 3.89. The summed E-state index contributed by atoms with van der Waals surface area (Å²) in [5.41, 5.74) is 6.90. The van der Waals surface area contributed by atoms with Gasteiger partial charge < -0.3 is 11.1 Å². The van der Waals surface area contributed by atoms with Crippen molar-refractivity contribution in [3.8, 4) is 0 Å². The molecule has 0 fully saturated rings. The Bertz CT molecular complexity index is 323. The van der Waals surface area contributed by atoms with Crippen LogP contribution >= 0.6 is 0 Å². The third-order valence-corrected chi connectivity index (χ3v) is 1.78. The van der Waals surface area contributed by atoms with Gasteiger partial charge in [-0.25, -0.2) is 4.39 Å². The van der Waals surface area contributed by atoms with Gasteiger partial charge >= 0.3 is 0 Å². The Morgan fingerprint density at radius 2 is 2.31 bits per heavy atom. The molecule has 0 aromatic heterocycles. The topological polar surface area (TPSA) is 61.9 Å². The van der Waals surface area contributed by atoms with Crippen LogP contribution in [0.3, 0.4) is 0 Å². The third kappa shape index (κ3) is 2.74. The second-order valence-electron chi connectivity index (χ2n) is 2.84. The van der Waals surface area contributed by atoms with Crippen LogP contribution in [0, 0.1) is 18.2 Å². The van der Waals surface area contributed by atoms with Crippen molar-refractivity contribution in [2.75, 3.05) is 0 Å². The van der Waals surface area contributed by atoms with Crippen LogP contribution in [0.25, 0.3) is 0 Å². The van der Waals surface area contributed by atoms with Gasteiger partial charge in [0.25, 0.3) is 0 Å². The van der Waals surface area contributed by atoms with Crippen molar-refractivity contribution < 1.29 is 4.39 Å². The van der Waals surface area contributed by atoms with Gasteiger partial charge in [-0.05, 0) is 30.2 Å². The first kappa shape index (κ1) is 9.51. The number of nitrogens with one attached hydrogen (secondary N) is 2. The third-order valence-electron chi connectivity index (χ3n) is 1.78. The maximum Gasteiger partial charge on any atom is 0.185 e. The fraction of sp³-hybridized carbons (Fsp3) is 0.222. The first-order chi connectivity index (χ1) is 6.09. The van der Waals surface area contributed by atoms with E-state index in [9.17, 15) is 4.39 Å². The number of guanidine groups is 1. The fourth-order valence-corrected chi connectivity index (χ4v) is 1.02. The van der Waals surface area contributed by atoms with Crippen molar-refractivity contribution >= 4 is 5.96 Å². The summed E-state index contributed by atoms with van der Waals surface area (Å²) in [4.78, 5) is 0. The Morgan fingerprint density at radius 3 is 2.92 bits per heavy atom. The maximum atomic E-state index is 12.8. The van der Waals surface area contributed by atoms with E-state index in [2.05, 4.69) is 5.32 Å². The summed E-state index contributed by atoms with van der Waals surface area (Å²) < 4.78 is 12.8. The molecule has 0 aliphatic carbocycles. The Balaban J connectivity index is 2.75. The molecule has 4 N–H and O–H groups in total. The molecular weight excluding hydrogens is 169 g/mol. The summed E-state index contributed by atoms with van der Waals surface area (Å²) >= 11 is 0. The lowest BCUT2D eigenvalue weighted by molar-refractivity contribution is 0.624. The summed E-state index contributed by atoms with van der Waals surface area (Å²) in [6.45, 7) is 2.27. The first-order valence-electron chi connectivity index (χ1n) is 3.92. The van der Waals surface area contributed by atoms with Gasteiger partial charge in [0.1, 0.15) is 5.82 Å². The molecule has 0 saturated heterocycles. The molecule has 1 rings (SSSR count). The number of benzene rings is 1. The van der Waals surface area contributed by atoms with Crippen molar-refractivity contribution in [2.45, 2.75) is 13.5 Å². The predicted molar refractivity (Wildman–Crippen MR) is 49.9 cm³/mol. The molecule has 13 heavy (non-hydrogen) atoms. The number of halogens is 1. The minimum atomic E-state index is -0.272. The molecule has 0 saturated carbocycles. The molecule has 0 aliphatic heterocycles. The van der Waals surface area contributed by atoms with E-state index in [4.69, 9.17) is 11.1 Å². The van der Waals surface area contributed by atoms with E-state index in [0.29, 0.717) is 6.54 Å². The molecular formula is C9H12FN3. The quantitative estimate of drug-likeness (QED) is 0.473. The number of hydrogen-bond donors (Lipinski definition) is 3. The molecule has 3 nitrogen and oxygen atoms in total. The van der Waals surface area contributed by atoms with Crippen LogP contribution < -0.4 is 11.1 Å². The second-order valence-corrected chi connectivity index (χ2v) is 2.84. The highest BCUT2D eigenvalue weighted by Crippen LogP contribution is 2.09. The molecule has 0 amide bonds. The first-order valence-corrected chi connectivity index (χ1v) is 3.92. The molecule has 4 heteroatoms. The average molecular weight is 181 g/mol.